The van der Waals surface area contributed by atoms with E-state index in [0.717, 1.165) is 12.8 Å². The van der Waals surface area contributed by atoms with E-state index in [1.165, 1.54) is 0 Å². The topological polar surface area (TPSA) is 103 Å². The summed E-state index contributed by atoms with van der Waals surface area (Å²) >= 11 is 0. The van der Waals surface area contributed by atoms with Gasteiger partial charge in [-0.05, 0) is 43.5 Å². The van der Waals surface area contributed by atoms with Gasteiger partial charge in [-0.25, -0.2) is 8.42 Å². The van der Waals surface area contributed by atoms with Gasteiger partial charge in [0.15, 0.2) is 17.3 Å². The Hall–Kier alpha value is -3.37. The zero-order chi connectivity index (χ0) is 24.3. The number of nitrogens with one attached hydrogen (secondary N) is 1. The maximum Gasteiger partial charge on any atom is 0.243 e. The van der Waals surface area contributed by atoms with Gasteiger partial charge >= 0.3 is 0 Å². The smallest absolute Gasteiger partial charge is 0.243 e. The maximum absolute atomic E-state index is 13.1. The van der Waals surface area contributed by atoms with Gasteiger partial charge in [0.2, 0.25) is 15.8 Å². The van der Waals surface area contributed by atoms with E-state index in [0.29, 0.717) is 63.6 Å². The Morgan fingerprint density at radius 2 is 1.56 bits per heavy atom. The van der Waals surface area contributed by atoms with Crippen LogP contribution in [0.3, 0.4) is 0 Å². The van der Waals surface area contributed by atoms with Crippen LogP contribution in [0.15, 0.2) is 47.4 Å². The van der Waals surface area contributed by atoms with Gasteiger partial charge in [-0.3, -0.25) is 0 Å². The molecule has 0 atom stereocenters. The minimum atomic E-state index is -3.53. The monoisotopic (exact) mass is 484 g/mol. The van der Waals surface area contributed by atoms with Crippen molar-refractivity contribution >= 4 is 21.5 Å². The van der Waals surface area contributed by atoms with Gasteiger partial charge in [0, 0.05) is 36.5 Å². The number of aryl methyl sites for hydroxylation is 1. The van der Waals surface area contributed by atoms with Crippen LogP contribution in [-0.2, 0) is 10.0 Å². The lowest BCUT2D eigenvalue weighted by molar-refractivity contribution is 0.324. The number of sulfonamides is 1. The summed E-state index contributed by atoms with van der Waals surface area (Å²) in [5.74, 6) is 2.03. The van der Waals surface area contributed by atoms with Crippen LogP contribution in [0.2, 0.25) is 0 Å². The maximum atomic E-state index is 13.1. The molecule has 1 aliphatic rings. The van der Waals surface area contributed by atoms with Crippen molar-refractivity contribution < 1.29 is 22.6 Å². The zero-order valence-corrected chi connectivity index (χ0v) is 20.5. The number of aromatic nitrogens is 2. The Balaban J connectivity index is 1.59. The molecule has 1 aromatic heterocycles. The fourth-order valence-electron chi connectivity index (χ4n) is 3.96. The van der Waals surface area contributed by atoms with Crippen LogP contribution in [0.25, 0.3) is 11.3 Å². The van der Waals surface area contributed by atoms with E-state index in [2.05, 4.69) is 15.5 Å². The largest absolute Gasteiger partial charge is 0.493 e. The Bertz CT molecular complexity index is 1250. The van der Waals surface area contributed by atoms with Crippen LogP contribution < -0.4 is 19.5 Å². The molecule has 1 saturated heterocycles. The molecule has 180 valence electrons. The third-order valence-corrected chi connectivity index (χ3v) is 7.81. The molecular formula is C24H28N4O5S. The van der Waals surface area contributed by atoms with Gasteiger partial charge in [0.1, 0.15) is 0 Å². The van der Waals surface area contributed by atoms with Crippen molar-refractivity contribution in [3.63, 3.8) is 0 Å². The minimum Gasteiger partial charge on any atom is -0.493 e. The van der Waals surface area contributed by atoms with Crippen molar-refractivity contribution in [3.05, 3.63) is 48.0 Å². The quantitative estimate of drug-likeness (QED) is 0.512. The SMILES string of the molecule is COc1cc(Nc2ccc(-c3ccc(C)c(S(=O)(=O)N4CCCC4)c3)nn2)cc(OC)c1OC. The number of methoxy groups -OCH3 is 3. The fraction of sp³-hybridized carbons (Fsp3) is 0.333. The summed E-state index contributed by atoms with van der Waals surface area (Å²) in [5, 5.41) is 11.7. The third-order valence-electron chi connectivity index (χ3n) is 5.77. The predicted octanol–water partition coefficient (Wildman–Crippen LogP) is 4.01. The highest BCUT2D eigenvalue weighted by Crippen LogP contribution is 2.40. The molecule has 2 aromatic carbocycles. The molecule has 1 N–H and O–H groups in total. The lowest BCUT2D eigenvalue weighted by Gasteiger charge is -2.18. The number of benzene rings is 2. The van der Waals surface area contributed by atoms with Crippen molar-refractivity contribution in [2.24, 2.45) is 0 Å². The molecule has 0 aliphatic carbocycles. The lowest BCUT2D eigenvalue weighted by Crippen LogP contribution is -2.28. The van der Waals surface area contributed by atoms with Crippen molar-refractivity contribution in [1.82, 2.24) is 14.5 Å². The van der Waals surface area contributed by atoms with E-state index in [1.54, 1.807) is 56.0 Å². The average molecular weight is 485 g/mol. The summed E-state index contributed by atoms with van der Waals surface area (Å²) in [5.41, 5.74) is 2.67. The Morgan fingerprint density at radius 1 is 0.882 bits per heavy atom. The van der Waals surface area contributed by atoms with Gasteiger partial charge in [-0.1, -0.05) is 12.1 Å². The molecule has 0 saturated carbocycles. The molecule has 4 rings (SSSR count). The molecule has 1 aliphatic heterocycles. The summed E-state index contributed by atoms with van der Waals surface area (Å²) in [6.07, 6.45) is 1.79. The second-order valence-electron chi connectivity index (χ2n) is 7.93. The molecule has 10 heteroatoms. The molecule has 0 amide bonds. The van der Waals surface area contributed by atoms with E-state index in [4.69, 9.17) is 14.2 Å². The first-order valence-corrected chi connectivity index (χ1v) is 12.3. The fourth-order valence-corrected chi connectivity index (χ4v) is 5.73. The highest BCUT2D eigenvalue weighted by Gasteiger charge is 2.28. The van der Waals surface area contributed by atoms with E-state index < -0.39 is 10.0 Å². The van der Waals surface area contributed by atoms with Crippen LogP contribution >= 0.6 is 0 Å². The number of hydrogen-bond donors (Lipinski definition) is 1. The highest BCUT2D eigenvalue weighted by molar-refractivity contribution is 7.89. The van der Waals surface area contributed by atoms with Crippen molar-refractivity contribution in [1.29, 1.82) is 0 Å². The summed E-state index contributed by atoms with van der Waals surface area (Å²) in [7, 11) is 1.12. The Kier molecular flexibility index (Phi) is 6.90. The van der Waals surface area contributed by atoms with Crippen molar-refractivity contribution in [2.45, 2.75) is 24.7 Å². The predicted molar refractivity (Wildman–Crippen MR) is 130 cm³/mol. The second kappa shape index (κ2) is 9.86. The molecule has 1 fully saturated rings. The summed E-state index contributed by atoms with van der Waals surface area (Å²) in [6.45, 7) is 2.93. The number of nitrogens with zero attached hydrogens (tertiary/aromatic N) is 3. The van der Waals surface area contributed by atoms with Gasteiger partial charge in [-0.15, -0.1) is 10.2 Å². The van der Waals surface area contributed by atoms with Crippen LogP contribution in [0.4, 0.5) is 11.5 Å². The zero-order valence-electron chi connectivity index (χ0n) is 19.7. The van der Waals surface area contributed by atoms with E-state index in [-0.39, 0.29) is 0 Å². The Labute approximate surface area is 199 Å². The number of ether oxygens (including phenoxy) is 3. The van der Waals surface area contributed by atoms with Crippen LogP contribution in [0, 0.1) is 6.92 Å². The number of hydrogen-bond acceptors (Lipinski definition) is 8. The van der Waals surface area contributed by atoms with Crippen LogP contribution in [0.1, 0.15) is 18.4 Å². The molecule has 0 unspecified atom stereocenters. The summed E-state index contributed by atoms with van der Waals surface area (Å²) in [6, 6.07) is 12.5. The average Bonchev–Trinajstić information content (AvgIpc) is 3.40. The van der Waals surface area contributed by atoms with Gasteiger partial charge in [-0.2, -0.15) is 4.31 Å². The van der Waals surface area contributed by atoms with E-state index >= 15 is 0 Å². The lowest BCUT2D eigenvalue weighted by atomic mass is 10.1. The molecule has 0 radical (unpaired) electrons. The Morgan fingerprint density at radius 3 is 2.12 bits per heavy atom. The second-order valence-corrected chi connectivity index (χ2v) is 9.84. The molecule has 9 nitrogen and oxygen atoms in total. The van der Waals surface area contributed by atoms with E-state index in [1.807, 2.05) is 19.1 Å². The van der Waals surface area contributed by atoms with Crippen molar-refractivity contribution in [3.8, 4) is 28.5 Å². The summed E-state index contributed by atoms with van der Waals surface area (Å²) in [4.78, 5) is 0.313. The van der Waals surface area contributed by atoms with Gasteiger partial charge in [0.05, 0.1) is 31.9 Å². The van der Waals surface area contributed by atoms with Crippen LogP contribution in [-0.4, -0.2) is 57.3 Å². The molecular weight excluding hydrogens is 456 g/mol. The molecule has 2 heterocycles. The van der Waals surface area contributed by atoms with Crippen molar-refractivity contribution in [2.75, 3.05) is 39.7 Å². The number of anilines is 2. The first-order valence-electron chi connectivity index (χ1n) is 10.9. The highest BCUT2D eigenvalue weighted by atomic mass is 32.2. The summed E-state index contributed by atoms with van der Waals surface area (Å²) < 4.78 is 43.9. The minimum absolute atomic E-state index is 0.313. The van der Waals surface area contributed by atoms with Crippen LogP contribution in [0.5, 0.6) is 17.2 Å². The standard InChI is InChI=1S/C24H28N4O5S/c1-16-7-8-17(13-22(16)34(29,30)28-11-5-6-12-28)19-9-10-23(27-26-19)25-18-14-20(31-2)24(33-4)21(15-18)32-3/h7-10,13-15H,5-6,11-12H2,1-4H3,(H,25,27). The third kappa shape index (κ3) is 4.64. The molecule has 0 spiro atoms. The first-order chi connectivity index (χ1) is 16.4. The van der Waals surface area contributed by atoms with Gasteiger partial charge in [0.25, 0.3) is 0 Å². The van der Waals surface area contributed by atoms with E-state index in [9.17, 15) is 8.42 Å². The number of rotatable bonds is 8. The van der Waals surface area contributed by atoms with Gasteiger partial charge < -0.3 is 19.5 Å². The normalized spacial score (nSPS) is 14.1. The molecule has 3 aromatic rings. The first kappa shape index (κ1) is 23.8. The molecule has 34 heavy (non-hydrogen) atoms. The molecule has 0 bridgehead atoms.